The normalized spacial score (nSPS) is 17.4. The maximum absolute atomic E-state index is 12.2. The van der Waals surface area contributed by atoms with Crippen molar-refractivity contribution in [2.75, 3.05) is 5.32 Å². The van der Waals surface area contributed by atoms with E-state index < -0.39 is 5.97 Å². The average Bonchev–Trinajstić information content (AvgIpc) is 2.86. The molecule has 1 fully saturated rings. The predicted molar refractivity (Wildman–Crippen MR) is 78.9 cm³/mol. The third-order valence-corrected chi connectivity index (χ3v) is 4.22. The van der Waals surface area contributed by atoms with Crippen LogP contribution in [0, 0.1) is 5.41 Å². The van der Waals surface area contributed by atoms with Crippen molar-refractivity contribution in [3.63, 3.8) is 0 Å². The first kappa shape index (κ1) is 15.5. The zero-order valence-corrected chi connectivity index (χ0v) is 12.5. The van der Waals surface area contributed by atoms with Gasteiger partial charge in [0.2, 0.25) is 5.91 Å². The molecule has 116 valence electrons. The first-order valence-corrected chi connectivity index (χ1v) is 7.57. The highest BCUT2D eigenvalue weighted by Crippen LogP contribution is 2.42. The van der Waals surface area contributed by atoms with Crippen LogP contribution in [0.1, 0.15) is 51.9 Å². The minimum absolute atomic E-state index is 0.0780. The molecule has 0 saturated heterocycles. The summed E-state index contributed by atoms with van der Waals surface area (Å²) < 4.78 is 1.74. The summed E-state index contributed by atoms with van der Waals surface area (Å²) in [6, 6.07) is 0. The second kappa shape index (κ2) is 6.74. The molecule has 1 saturated carbocycles. The molecule has 0 bridgehead atoms. The maximum Gasteiger partial charge on any atom is 0.303 e. The minimum atomic E-state index is -0.816. The van der Waals surface area contributed by atoms with E-state index in [1.807, 2.05) is 6.92 Å². The summed E-state index contributed by atoms with van der Waals surface area (Å²) in [5.74, 6) is -0.933. The van der Waals surface area contributed by atoms with Gasteiger partial charge >= 0.3 is 5.97 Å². The van der Waals surface area contributed by atoms with Crippen LogP contribution in [0.25, 0.3) is 0 Å². The molecule has 0 aliphatic heterocycles. The highest BCUT2D eigenvalue weighted by atomic mass is 16.4. The summed E-state index contributed by atoms with van der Waals surface area (Å²) in [6.45, 7) is 2.72. The molecule has 1 heterocycles. The summed E-state index contributed by atoms with van der Waals surface area (Å²) in [5.41, 5.74) is 0.290. The number of aromatic nitrogens is 2. The standard InChI is InChI=1S/C15H23N3O3/c1-2-18-11-12(10-16-18)17-13(19)8-15(9-14(20)21)6-4-3-5-7-15/h10-11H,2-9H2,1H3,(H,17,19)(H,20,21). The number of carboxylic acids is 1. The zero-order chi connectivity index (χ0) is 15.3. The van der Waals surface area contributed by atoms with Gasteiger partial charge in [-0.1, -0.05) is 19.3 Å². The van der Waals surface area contributed by atoms with E-state index in [4.69, 9.17) is 5.11 Å². The lowest BCUT2D eigenvalue weighted by atomic mass is 9.69. The third-order valence-electron chi connectivity index (χ3n) is 4.22. The zero-order valence-electron chi connectivity index (χ0n) is 12.5. The van der Waals surface area contributed by atoms with E-state index in [0.29, 0.717) is 5.69 Å². The van der Waals surface area contributed by atoms with E-state index in [-0.39, 0.29) is 24.2 Å². The summed E-state index contributed by atoms with van der Waals surface area (Å²) in [5, 5.41) is 16.1. The Morgan fingerprint density at radius 2 is 2.05 bits per heavy atom. The Morgan fingerprint density at radius 3 is 2.62 bits per heavy atom. The Balaban J connectivity index is 1.98. The van der Waals surface area contributed by atoms with Gasteiger partial charge in [-0.2, -0.15) is 5.10 Å². The number of anilines is 1. The van der Waals surface area contributed by atoms with Gasteiger partial charge < -0.3 is 10.4 Å². The van der Waals surface area contributed by atoms with Crippen molar-refractivity contribution in [3.8, 4) is 0 Å². The van der Waals surface area contributed by atoms with E-state index in [1.54, 1.807) is 17.1 Å². The van der Waals surface area contributed by atoms with Crippen LogP contribution >= 0.6 is 0 Å². The molecule has 1 aromatic heterocycles. The van der Waals surface area contributed by atoms with E-state index in [1.165, 1.54) is 0 Å². The Bertz CT molecular complexity index is 504. The second-order valence-corrected chi connectivity index (χ2v) is 5.94. The van der Waals surface area contributed by atoms with Crippen LogP contribution in [-0.4, -0.2) is 26.8 Å². The van der Waals surface area contributed by atoms with E-state index in [9.17, 15) is 9.59 Å². The van der Waals surface area contributed by atoms with Crippen LogP contribution in [0.5, 0.6) is 0 Å². The predicted octanol–water partition coefficient (Wildman–Crippen LogP) is 2.66. The molecule has 1 amide bonds. The molecule has 2 rings (SSSR count). The molecule has 2 N–H and O–H groups in total. The summed E-state index contributed by atoms with van der Waals surface area (Å²) in [7, 11) is 0. The molecule has 6 nitrogen and oxygen atoms in total. The fraction of sp³-hybridized carbons (Fsp3) is 0.667. The molecule has 1 aromatic rings. The Morgan fingerprint density at radius 1 is 1.33 bits per heavy atom. The molecule has 0 atom stereocenters. The van der Waals surface area contributed by atoms with Crippen molar-refractivity contribution in [1.82, 2.24) is 9.78 Å². The van der Waals surface area contributed by atoms with E-state index >= 15 is 0 Å². The summed E-state index contributed by atoms with van der Waals surface area (Å²) >= 11 is 0. The maximum atomic E-state index is 12.2. The Kier molecular flexibility index (Phi) is 4.98. The third kappa shape index (κ3) is 4.31. The molecule has 0 spiro atoms. The molecule has 21 heavy (non-hydrogen) atoms. The molecular weight excluding hydrogens is 270 g/mol. The number of rotatable bonds is 6. The van der Waals surface area contributed by atoms with Gasteiger partial charge in [0.1, 0.15) is 0 Å². The van der Waals surface area contributed by atoms with Crippen molar-refractivity contribution in [2.24, 2.45) is 5.41 Å². The average molecular weight is 293 g/mol. The number of aliphatic carboxylic acids is 1. The molecular formula is C15H23N3O3. The fourth-order valence-corrected chi connectivity index (χ4v) is 3.19. The summed E-state index contributed by atoms with van der Waals surface area (Å²) in [6.07, 6.45) is 8.54. The SMILES string of the molecule is CCn1cc(NC(=O)CC2(CC(=O)O)CCCCC2)cn1. The molecule has 0 unspecified atom stereocenters. The van der Waals surface area contributed by atoms with Gasteiger partial charge in [-0.25, -0.2) is 0 Å². The quantitative estimate of drug-likeness (QED) is 0.844. The van der Waals surface area contributed by atoms with Crippen molar-refractivity contribution in [2.45, 2.75) is 58.4 Å². The first-order chi connectivity index (χ1) is 10.0. The van der Waals surface area contributed by atoms with Crippen LogP contribution in [0.15, 0.2) is 12.4 Å². The van der Waals surface area contributed by atoms with Crippen LogP contribution in [0.4, 0.5) is 5.69 Å². The number of hydrogen-bond donors (Lipinski definition) is 2. The van der Waals surface area contributed by atoms with Gasteiger partial charge in [0.05, 0.1) is 18.3 Å². The van der Waals surface area contributed by atoms with Crippen molar-refractivity contribution in [1.29, 1.82) is 0 Å². The number of hydrogen-bond acceptors (Lipinski definition) is 3. The van der Waals surface area contributed by atoms with Crippen LogP contribution in [0.2, 0.25) is 0 Å². The molecule has 6 heteroatoms. The monoisotopic (exact) mass is 293 g/mol. The number of amides is 1. The second-order valence-electron chi connectivity index (χ2n) is 5.94. The highest BCUT2D eigenvalue weighted by Gasteiger charge is 2.36. The number of carbonyl (C=O) groups excluding carboxylic acids is 1. The van der Waals surface area contributed by atoms with Gasteiger partial charge in [-0.05, 0) is 25.2 Å². The highest BCUT2D eigenvalue weighted by molar-refractivity contribution is 5.91. The number of nitrogens with zero attached hydrogens (tertiary/aromatic N) is 2. The molecule has 1 aliphatic rings. The Hall–Kier alpha value is -1.85. The van der Waals surface area contributed by atoms with Crippen LogP contribution in [-0.2, 0) is 16.1 Å². The van der Waals surface area contributed by atoms with Gasteiger partial charge in [-0.15, -0.1) is 0 Å². The van der Waals surface area contributed by atoms with Gasteiger partial charge in [0.25, 0.3) is 0 Å². The minimum Gasteiger partial charge on any atom is -0.481 e. The van der Waals surface area contributed by atoms with Gasteiger partial charge in [-0.3, -0.25) is 14.3 Å². The molecule has 1 aliphatic carbocycles. The van der Waals surface area contributed by atoms with Gasteiger partial charge in [0, 0.05) is 19.2 Å². The fourth-order valence-electron chi connectivity index (χ4n) is 3.19. The largest absolute Gasteiger partial charge is 0.481 e. The van der Waals surface area contributed by atoms with Crippen molar-refractivity contribution < 1.29 is 14.7 Å². The number of carbonyl (C=O) groups is 2. The molecule has 0 aromatic carbocycles. The lowest BCUT2D eigenvalue weighted by Crippen LogP contribution is -2.32. The van der Waals surface area contributed by atoms with Crippen molar-refractivity contribution >= 4 is 17.6 Å². The number of nitrogens with one attached hydrogen (secondary N) is 1. The van der Waals surface area contributed by atoms with Crippen molar-refractivity contribution in [3.05, 3.63) is 12.4 Å². The van der Waals surface area contributed by atoms with Gasteiger partial charge in [0.15, 0.2) is 0 Å². The smallest absolute Gasteiger partial charge is 0.303 e. The summed E-state index contributed by atoms with van der Waals surface area (Å²) in [4.78, 5) is 23.3. The lowest BCUT2D eigenvalue weighted by molar-refractivity contribution is -0.140. The number of carboxylic acid groups (broad SMARTS) is 1. The number of aryl methyl sites for hydroxylation is 1. The van der Waals surface area contributed by atoms with Crippen LogP contribution in [0.3, 0.4) is 0 Å². The van der Waals surface area contributed by atoms with E-state index in [0.717, 1.165) is 38.6 Å². The van der Waals surface area contributed by atoms with Crippen LogP contribution < -0.4 is 5.32 Å². The first-order valence-electron chi connectivity index (χ1n) is 7.57. The van der Waals surface area contributed by atoms with E-state index in [2.05, 4.69) is 10.4 Å². The topological polar surface area (TPSA) is 84.2 Å². The molecule has 0 radical (unpaired) electrons. The Labute approximate surface area is 124 Å². The lowest BCUT2D eigenvalue weighted by Gasteiger charge is -2.35.